The summed E-state index contributed by atoms with van der Waals surface area (Å²) < 4.78 is 30.5. The Hall–Kier alpha value is -2.78. The molecule has 0 bridgehead atoms. The maximum Gasteiger partial charge on any atom is 0.348 e. The summed E-state index contributed by atoms with van der Waals surface area (Å²) in [6.07, 6.45) is 5.17. The number of fused-ring (bicyclic) bond motifs is 1. The number of rotatable bonds is 6. The minimum absolute atomic E-state index is 0.0553. The molecule has 31 heavy (non-hydrogen) atoms. The Bertz CT molecular complexity index is 1100. The number of aryl methyl sites for hydroxylation is 1. The largest absolute Gasteiger partial charge is 0.488 e. The van der Waals surface area contributed by atoms with Crippen molar-refractivity contribution in [3.63, 3.8) is 0 Å². The van der Waals surface area contributed by atoms with Crippen molar-refractivity contribution in [2.75, 3.05) is 19.5 Å². The fourth-order valence-electron chi connectivity index (χ4n) is 3.88. The lowest BCUT2D eigenvalue weighted by Crippen LogP contribution is -2.29. The zero-order valence-electron chi connectivity index (χ0n) is 17.6. The lowest BCUT2D eigenvalue weighted by Gasteiger charge is -2.29. The van der Waals surface area contributed by atoms with Crippen LogP contribution >= 0.6 is 11.3 Å². The molecule has 2 atom stereocenters. The van der Waals surface area contributed by atoms with Crippen molar-refractivity contribution in [3.05, 3.63) is 40.8 Å². The average molecular weight is 446 g/mol. The first kappa shape index (κ1) is 21.5. The molecule has 0 spiro atoms. The number of thiophene rings is 1. The van der Waals surface area contributed by atoms with Crippen molar-refractivity contribution in [1.82, 2.24) is 9.97 Å². The SMILES string of the molecule is COC(=O)c1sc2ncnc(Nc3ccc(F)cc3OC3CCC[C@H](OC)C3)c2c1C. The van der Waals surface area contributed by atoms with Crippen LogP contribution in [-0.2, 0) is 9.47 Å². The highest BCUT2D eigenvalue weighted by atomic mass is 32.1. The van der Waals surface area contributed by atoms with Crippen LogP contribution in [0.2, 0.25) is 0 Å². The van der Waals surface area contributed by atoms with Crippen LogP contribution in [0.15, 0.2) is 24.5 Å². The van der Waals surface area contributed by atoms with Crippen LogP contribution in [0, 0.1) is 12.7 Å². The molecule has 0 saturated heterocycles. The molecular weight excluding hydrogens is 421 g/mol. The molecule has 164 valence electrons. The number of ether oxygens (including phenoxy) is 3. The minimum Gasteiger partial charge on any atom is -0.488 e. The fraction of sp³-hybridized carbons (Fsp3) is 0.409. The molecule has 1 fully saturated rings. The van der Waals surface area contributed by atoms with E-state index >= 15 is 0 Å². The van der Waals surface area contributed by atoms with E-state index in [1.165, 1.54) is 36.9 Å². The van der Waals surface area contributed by atoms with Gasteiger partial charge in [-0.25, -0.2) is 19.2 Å². The minimum atomic E-state index is -0.415. The van der Waals surface area contributed by atoms with E-state index in [9.17, 15) is 9.18 Å². The summed E-state index contributed by atoms with van der Waals surface area (Å²) in [5.41, 5.74) is 1.32. The molecule has 0 radical (unpaired) electrons. The second-order valence-electron chi connectivity index (χ2n) is 7.48. The van der Waals surface area contributed by atoms with Gasteiger partial charge in [0.25, 0.3) is 0 Å². The van der Waals surface area contributed by atoms with Gasteiger partial charge in [-0.15, -0.1) is 11.3 Å². The summed E-state index contributed by atoms with van der Waals surface area (Å²) in [5.74, 6) is 0.132. The summed E-state index contributed by atoms with van der Waals surface area (Å²) in [4.78, 5) is 21.9. The van der Waals surface area contributed by atoms with Gasteiger partial charge < -0.3 is 19.5 Å². The molecule has 2 aromatic heterocycles. The smallest absolute Gasteiger partial charge is 0.348 e. The first-order chi connectivity index (χ1) is 15.0. The molecular formula is C22H24FN3O4S. The number of esters is 1. The Morgan fingerprint density at radius 3 is 2.81 bits per heavy atom. The molecule has 1 aromatic carbocycles. The van der Waals surface area contributed by atoms with Crippen LogP contribution in [0.5, 0.6) is 5.75 Å². The summed E-state index contributed by atoms with van der Waals surface area (Å²) in [6, 6.07) is 4.36. The predicted molar refractivity (Wildman–Crippen MR) is 117 cm³/mol. The zero-order chi connectivity index (χ0) is 22.0. The van der Waals surface area contributed by atoms with E-state index in [4.69, 9.17) is 14.2 Å². The topological polar surface area (TPSA) is 82.6 Å². The van der Waals surface area contributed by atoms with E-state index in [0.29, 0.717) is 27.0 Å². The van der Waals surface area contributed by atoms with Gasteiger partial charge in [-0.1, -0.05) is 0 Å². The van der Waals surface area contributed by atoms with Crippen molar-refractivity contribution in [1.29, 1.82) is 0 Å². The molecule has 1 saturated carbocycles. The Balaban J connectivity index is 1.66. The summed E-state index contributed by atoms with van der Waals surface area (Å²) in [7, 11) is 3.05. The highest BCUT2D eigenvalue weighted by molar-refractivity contribution is 7.20. The fourth-order valence-corrected chi connectivity index (χ4v) is 4.95. The number of methoxy groups -OCH3 is 2. The number of aromatic nitrogens is 2. The normalized spacial score (nSPS) is 18.7. The molecule has 3 aromatic rings. The molecule has 1 aliphatic rings. The number of benzene rings is 1. The first-order valence-electron chi connectivity index (χ1n) is 10.1. The summed E-state index contributed by atoms with van der Waals surface area (Å²) in [6.45, 7) is 1.83. The second kappa shape index (κ2) is 9.15. The molecule has 0 aliphatic heterocycles. The molecule has 2 heterocycles. The first-order valence-corrected chi connectivity index (χ1v) is 10.9. The highest BCUT2D eigenvalue weighted by Gasteiger charge is 2.25. The van der Waals surface area contributed by atoms with Gasteiger partial charge in [0.05, 0.1) is 24.3 Å². The molecule has 1 N–H and O–H groups in total. The van der Waals surface area contributed by atoms with Crippen LogP contribution in [-0.4, -0.2) is 42.4 Å². The van der Waals surface area contributed by atoms with E-state index < -0.39 is 5.97 Å². The van der Waals surface area contributed by atoms with Crippen LogP contribution in [0.4, 0.5) is 15.9 Å². The Kier molecular flexibility index (Phi) is 6.33. The van der Waals surface area contributed by atoms with Crippen molar-refractivity contribution < 1.29 is 23.4 Å². The second-order valence-corrected chi connectivity index (χ2v) is 8.48. The number of halogens is 1. The van der Waals surface area contributed by atoms with E-state index in [1.54, 1.807) is 13.2 Å². The number of nitrogens with one attached hydrogen (secondary N) is 1. The summed E-state index contributed by atoms with van der Waals surface area (Å²) in [5, 5.41) is 3.97. The van der Waals surface area contributed by atoms with E-state index in [-0.39, 0.29) is 18.0 Å². The van der Waals surface area contributed by atoms with Gasteiger partial charge in [-0.05, 0) is 43.9 Å². The Labute approximate surface area is 183 Å². The predicted octanol–water partition coefficient (Wildman–Crippen LogP) is 5.01. The lowest BCUT2D eigenvalue weighted by molar-refractivity contribution is 0.0211. The monoisotopic (exact) mass is 445 g/mol. The van der Waals surface area contributed by atoms with Gasteiger partial charge in [0.2, 0.25) is 0 Å². The van der Waals surface area contributed by atoms with Gasteiger partial charge in [-0.3, -0.25) is 0 Å². The van der Waals surface area contributed by atoms with Crippen LogP contribution in [0.3, 0.4) is 0 Å². The van der Waals surface area contributed by atoms with Gasteiger partial charge in [0.15, 0.2) is 0 Å². The zero-order valence-corrected chi connectivity index (χ0v) is 18.4. The number of hydrogen-bond donors (Lipinski definition) is 1. The maximum absolute atomic E-state index is 14.0. The Morgan fingerprint density at radius 1 is 1.23 bits per heavy atom. The Morgan fingerprint density at radius 2 is 2.03 bits per heavy atom. The quantitative estimate of drug-likeness (QED) is 0.534. The van der Waals surface area contributed by atoms with Crippen molar-refractivity contribution in [3.8, 4) is 5.75 Å². The standard InChI is InChI=1S/C22H24FN3O4S/c1-12-18-20(24-11-25-21(18)31-19(12)22(27)29-3)26-16-8-7-13(23)9-17(16)30-15-6-4-5-14(10-15)28-2/h7-9,11,14-15H,4-6,10H2,1-3H3,(H,24,25,26)/t14-,15?/m0/s1. The molecule has 1 unspecified atom stereocenters. The lowest BCUT2D eigenvalue weighted by atomic mass is 9.95. The number of carbonyl (C=O) groups excluding carboxylic acids is 1. The van der Waals surface area contributed by atoms with Gasteiger partial charge in [-0.2, -0.15) is 0 Å². The van der Waals surface area contributed by atoms with Crippen LogP contribution in [0.1, 0.15) is 40.9 Å². The van der Waals surface area contributed by atoms with Crippen LogP contribution < -0.4 is 10.1 Å². The number of nitrogens with zero attached hydrogens (tertiary/aromatic N) is 2. The molecule has 9 heteroatoms. The third kappa shape index (κ3) is 4.47. The van der Waals surface area contributed by atoms with Crippen molar-refractivity contribution in [2.45, 2.75) is 44.8 Å². The number of carbonyl (C=O) groups is 1. The summed E-state index contributed by atoms with van der Waals surface area (Å²) >= 11 is 1.25. The molecule has 7 nitrogen and oxygen atoms in total. The highest BCUT2D eigenvalue weighted by Crippen LogP contribution is 2.37. The third-order valence-corrected chi connectivity index (χ3v) is 6.68. The van der Waals surface area contributed by atoms with E-state index in [1.807, 2.05) is 6.92 Å². The molecule has 4 rings (SSSR count). The van der Waals surface area contributed by atoms with E-state index in [0.717, 1.165) is 36.6 Å². The van der Waals surface area contributed by atoms with Gasteiger partial charge >= 0.3 is 5.97 Å². The van der Waals surface area contributed by atoms with Gasteiger partial charge in [0.1, 0.15) is 39.5 Å². The van der Waals surface area contributed by atoms with Gasteiger partial charge in [0, 0.05) is 19.6 Å². The van der Waals surface area contributed by atoms with Crippen LogP contribution in [0.25, 0.3) is 10.2 Å². The van der Waals surface area contributed by atoms with Crippen molar-refractivity contribution >= 4 is 39.0 Å². The van der Waals surface area contributed by atoms with E-state index in [2.05, 4.69) is 15.3 Å². The molecule has 1 aliphatic carbocycles. The maximum atomic E-state index is 14.0. The van der Waals surface area contributed by atoms with Crippen molar-refractivity contribution in [2.24, 2.45) is 0 Å². The third-order valence-electron chi connectivity index (χ3n) is 5.50. The average Bonchev–Trinajstić information content (AvgIpc) is 3.12. The number of hydrogen-bond acceptors (Lipinski definition) is 8. The molecule has 0 amide bonds. The number of anilines is 2.